The van der Waals surface area contributed by atoms with Crippen molar-refractivity contribution in [1.82, 2.24) is 19.5 Å². The molecule has 2 aromatic rings. The SMILES string of the molecule is NC1CCN(C(=O)c2cnn3ccncc23)CC1. The third-order valence-corrected chi connectivity index (χ3v) is 3.38. The van der Waals surface area contributed by atoms with Crippen LogP contribution in [0.3, 0.4) is 0 Å². The number of likely N-dealkylation sites (tertiary alicyclic amines) is 1. The van der Waals surface area contributed by atoms with Crippen molar-refractivity contribution in [2.24, 2.45) is 5.73 Å². The second-order valence-electron chi connectivity index (χ2n) is 4.59. The molecule has 1 fully saturated rings. The molecular formula is C12H15N5O. The number of amides is 1. The summed E-state index contributed by atoms with van der Waals surface area (Å²) in [5, 5.41) is 4.15. The van der Waals surface area contributed by atoms with Gasteiger partial charge < -0.3 is 10.6 Å². The van der Waals surface area contributed by atoms with Crippen molar-refractivity contribution in [1.29, 1.82) is 0 Å². The molecule has 3 heterocycles. The lowest BCUT2D eigenvalue weighted by atomic mass is 10.1. The van der Waals surface area contributed by atoms with Gasteiger partial charge in [0.1, 0.15) is 0 Å². The van der Waals surface area contributed by atoms with E-state index >= 15 is 0 Å². The van der Waals surface area contributed by atoms with Crippen LogP contribution in [0.25, 0.3) is 5.52 Å². The summed E-state index contributed by atoms with van der Waals surface area (Å²) in [6, 6.07) is 0.222. The van der Waals surface area contributed by atoms with E-state index in [2.05, 4.69) is 10.1 Å². The quantitative estimate of drug-likeness (QED) is 0.783. The molecule has 0 radical (unpaired) electrons. The average Bonchev–Trinajstić information content (AvgIpc) is 2.82. The van der Waals surface area contributed by atoms with Crippen LogP contribution in [0.1, 0.15) is 23.2 Å². The largest absolute Gasteiger partial charge is 0.338 e. The fourth-order valence-electron chi connectivity index (χ4n) is 2.27. The molecule has 0 saturated carbocycles. The van der Waals surface area contributed by atoms with Gasteiger partial charge in [0.15, 0.2) is 0 Å². The van der Waals surface area contributed by atoms with E-state index in [0.717, 1.165) is 31.4 Å². The molecule has 1 saturated heterocycles. The number of nitrogens with zero attached hydrogens (tertiary/aromatic N) is 4. The maximum Gasteiger partial charge on any atom is 0.257 e. The summed E-state index contributed by atoms with van der Waals surface area (Å²) in [5.41, 5.74) is 7.20. The lowest BCUT2D eigenvalue weighted by Gasteiger charge is -2.29. The minimum Gasteiger partial charge on any atom is -0.338 e. The molecule has 18 heavy (non-hydrogen) atoms. The van der Waals surface area contributed by atoms with Crippen molar-refractivity contribution < 1.29 is 4.79 Å². The highest BCUT2D eigenvalue weighted by Crippen LogP contribution is 2.15. The number of piperidine rings is 1. The van der Waals surface area contributed by atoms with Gasteiger partial charge in [-0.15, -0.1) is 0 Å². The summed E-state index contributed by atoms with van der Waals surface area (Å²) in [4.78, 5) is 18.3. The van der Waals surface area contributed by atoms with Gasteiger partial charge in [0.05, 0.1) is 23.5 Å². The molecule has 2 aromatic heterocycles. The van der Waals surface area contributed by atoms with Gasteiger partial charge >= 0.3 is 0 Å². The zero-order valence-corrected chi connectivity index (χ0v) is 9.99. The summed E-state index contributed by atoms with van der Waals surface area (Å²) >= 11 is 0. The van der Waals surface area contributed by atoms with Crippen molar-refractivity contribution in [2.75, 3.05) is 13.1 Å². The lowest BCUT2D eigenvalue weighted by molar-refractivity contribution is 0.0716. The monoisotopic (exact) mass is 245 g/mol. The van der Waals surface area contributed by atoms with Crippen molar-refractivity contribution in [3.8, 4) is 0 Å². The van der Waals surface area contributed by atoms with Gasteiger partial charge in [-0.1, -0.05) is 0 Å². The summed E-state index contributed by atoms with van der Waals surface area (Å²) in [7, 11) is 0. The number of fused-ring (bicyclic) bond motifs is 1. The average molecular weight is 245 g/mol. The van der Waals surface area contributed by atoms with Gasteiger partial charge in [0, 0.05) is 31.5 Å². The van der Waals surface area contributed by atoms with Crippen LogP contribution in [0.15, 0.2) is 24.8 Å². The Morgan fingerprint density at radius 3 is 2.89 bits per heavy atom. The summed E-state index contributed by atoms with van der Waals surface area (Å²) in [6.45, 7) is 1.44. The van der Waals surface area contributed by atoms with Crippen molar-refractivity contribution in [3.63, 3.8) is 0 Å². The fraction of sp³-hybridized carbons (Fsp3) is 0.417. The predicted octanol–water partition coefficient (Wildman–Crippen LogP) is 0.293. The summed E-state index contributed by atoms with van der Waals surface area (Å²) < 4.78 is 1.66. The molecule has 1 aliphatic rings. The Morgan fingerprint density at radius 1 is 1.33 bits per heavy atom. The highest BCUT2D eigenvalue weighted by molar-refractivity contribution is 6.00. The van der Waals surface area contributed by atoms with Gasteiger partial charge in [0.25, 0.3) is 5.91 Å². The number of carbonyl (C=O) groups is 1. The Balaban J connectivity index is 1.88. The topological polar surface area (TPSA) is 76.5 Å². The van der Waals surface area contributed by atoms with Crippen molar-refractivity contribution >= 4 is 11.4 Å². The zero-order valence-electron chi connectivity index (χ0n) is 9.99. The van der Waals surface area contributed by atoms with Crippen molar-refractivity contribution in [2.45, 2.75) is 18.9 Å². The zero-order chi connectivity index (χ0) is 12.5. The maximum absolute atomic E-state index is 12.4. The Labute approximate surface area is 104 Å². The first kappa shape index (κ1) is 11.2. The molecular weight excluding hydrogens is 230 g/mol. The number of carbonyl (C=O) groups excluding carboxylic acids is 1. The third-order valence-electron chi connectivity index (χ3n) is 3.38. The van der Waals surface area contributed by atoms with E-state index in [0.29, 0.717) is 5.56 Å². The van der Waals surface area contributed by atoms with E-state index in [1.807, 2.05) is 4.90 Å². The number of hydrogen-bond acceptors (Lipinski definition) is 4. The molecule has 0 atom stereocenters. The second-order valence-corrected chi connectivity index (χ2v) is 4.59. The van der Waals surface area contributed by atoms with Crippen LogP contribution in [-0.4, -0.2) is 44.5 Å². The molecule has 3 rings (SSSR count). The van der Waals surface area contributed by atoms with E-state index in [9.17, 15) is 4.79 Å². The van der Waals surface area contributed by atoms with E-state index < -0.39 is 0 Å². The first-order valence-corrected chi connectivity index (χ1v) is 6.08. The number of rotatable bonds is 1. The molecule has 1 aliphatic heterocycles. The molecule has 6 heteroatoms. The second kappa shape index (κ2) is 4.38. The Bertz CT molecular complexity index is 571. The van der Waals surface area contributed by atoms with Crippen LogP contribution in [0.2, 0.25) is 0 Å². The Morgan fingerprint density at radius 2 is 2.11 bits per heavy atom. The molecule has 0 bridgehead atoms. The van der Waals surface area contributed by atoms with Gasteiger partial charge in [0.2, 0.25) is 0 Å². The molecule has 0 aliphatic carbocycles. The van der Waals surface area contributed by atoms with Crippen molar-refractivity contribution in [3.05, 3.63) is 30.4 Å². The highest BCUT2D eigenvalue weighted by atomic mass is 16.2. The number of aromatic nitrogens is 3. The first-order valence-electron chi connectivity index (χ1n) is 6.08. The Hall–Kier alpha value is -1.95. The normalized spacial score (nSPS) is 17.3. The minimum atomic E-state index is 0.0184. The summed E-state index contributed by atoms with van der Waals surface area (Å²) in [6.07, 6.45) is 8.38. The van der Waals surface area contributed by atoms with Gasteiger partial charge in [-0.3, -0.25) is 9.78 Å². The maximum atomic E-state index is 12.4. The lowest BCUT2D eigenvalue weighted by Crippen LogP contribution is -2.42. The fourth-order valence-corrected chi connectivity index (χ4v) is 2.27. The predicted molar refractivity (Wildman–Crippen MR) is 66.1 cm³/mol. The smallest absolute Gasteiger partial charge is 0.257 e. The van der Waals surface area contributed by atoms with E-state index in [1.165, 1.54) is 0 Å². The van der Waals surface area contributed by atoms with Crippen LogP contribution in [0, 0.1) is 0 Å². The summed E-state index contributed by atoms with van der Waals surface area (Å²) in [5.74, 6) is 0.0184. The van der Waals surface area contributed by atoms with Gasteiger partial charge in [-0.05, 0) is 12.8 Å². The number of hydrogen-bond donors (Lipinski definition) is 1. The van der Waals surface area contributed by atoms with Crippen LogP contribution >= 0.6 is 0 Å². The van der Waals surface area contributed by atoms with E-state index in [4.69, 9.17) is 5.73 Å². The molecule has 2 N–H and O–H groups in total. The van der Waals surface area contributed by atoms with Gasteiger partial charge in [-0.2, -0.15) is 5.10 Å². The van der Waals surface area contributed by atoms with E-state index in [1.54, 1.807) is 29.3 Å². The Kier molecular flexibility index (Phi) is 2.71. The third kappa shape index (κ3) is 1.84. The molecule has 0 aromatic carbocycles. The molecule has 94 valence electrons. The number of nitrogens with two attached hydrogens (primary N) is 1. The van der Waals surface area contributed by atoms with Crippen LogP contribution in [0.4, 0.5) is 0 Å². The minimum absolute atomic E-state index is 0.0184. The first-order chi connectivity index (χ1) is 8.75. The molecule has 0 spiro atoms. The highest BCUT2D eigenvalue weighted by Gasteiger charge is 2.23. The van der Waals surface area contributed by atoms with Crippen LogP contribution in [-0.2, 0) is 0 Å². The standard InChI is InChI=1S/C12H15N5O/c13-9-1-4-16(5-2-9)12(18)10-7-15-17-6-3-14-8-11(10)17/h3,6-9H,1-2,4-5,13H2. The molecule has 1 amide bonds. The van der Waals surface area contributed by atoms with E-state index in [-0.39, 0.29) is 11.9 Å². The van der Waals surface area contributed by atoms with Crippen LogP contribution < -0.4 is 5.73 Å². The van der Waals surface area contributed by atoms with Gasteiger partial charge in [-0.25, -0.2) is 4.52 Å². The molecule has 0 unspecified atom stereocenters. The molecule has 6 nitrogen and oxygen atoms in total. The van der Waals surface area contributed by atoms with Crippen LogP contribution in [0.5, 0.6) is 0 Å².